The van der Waals surface area contributed by atoms with Crippen LogP contribution in [0.2, 0.25) is 0 Å². The zero-order valence-electron chi connectivity index (χ0n) is 10.7. The van der Waals surface area contributed by atoms with Crippen molar-refractivity contribution in [2.75, 3.05) is 0 Å². The molecule has 2 heteroatoms. The maximum Gasteiger partial charge on any atom is 0.116 e. The fraction of sp³-hybridized carbons (Fsp3) is 0.0588. The Labute approximate surface area is 112 Å². The van der Waals surface area contributed by atoms with E-state index in [4.69, 9.17) is 0 Å². The van der Waals surface area contributed by atoms with Gasteiger partial charge in [0.2, 0.25) is 0 Å². The van der Waals surface area contributed by atoms with Gasteiger partial charge in [0, 0.05) is 11.8 Å². The van der Waals surface area contributed by atoms with Crippen LogP contribution in [-0.4, -0.2) is 9.97 Å². The molecule has 2 aromatic carbocycles. The fourth-order valence-corrected chi connectivity index (χ4v) is 2.29. The average molecular weight is 246 g/mol. The number of rotatable bonds is 2. The Morgan fingerprint density at radius 2 is 1.58 bits per heavy atom. The molecule has 92 valence electrons. The molecule has 0 aliphatic rings. The Morgan fingerprint density at radius 3 is 2.32 bits per heavy atom. The van der Waals surface area contributed by atoms with Crippen molar-refractivity contribution in [2.45, 2.75) is 6.92 Å². The van der Waals surface area contributed by atoms with Crippen molar-refractivity contribution >= 4 is 0 Å². The minimum Gasteiger partial charge on any atom is -0.245 e. The monoisotopic (exact) mass is 246 g/mol. The van der Waals surface area contributed by atoms with Crippen molar-refractivity contribution in [3.05, 3.63) is 72.7 Å². The summed E-state index contributed by atoms with van der Waals surface area (Å²) in [5.41, 5.74) is 5.84. The molecule has 0 saturated carbocycles. The van der Waals surface area contributed by atoms with Crippen LogP contribution in [0.1, 0.15) is 5.56 Å². The Balaban J connectivity index is 2.15. The predicted molar refractivity (Wildman–Crippen MR) is 77.6 cm³/mol. The highest BCUT2D eigenvalue weighted by molar-refractivity contribution is 5.76. The van der Waals surface area contributed by atoms with Crippen LogP contribution in [0.25, 0.3) is 22.4 Å². The van der Waals surface area contributed by atoms with Gasteiger partial charge in [0.25, 0.3) is 0 Å². The van der Waals surface area contributed by atoms with E-state index in [1.54, 1.807) is 12.5 Å². The summed E-state index contributed by atoms with van der Waals surface area (Å²) in [6.45, 7) is 2.14. The van der Waals surface area contributed by atoms with Crippen LogP contribution in [0.5, 0.6) is 0 Å². The molecule has 0 fully saturated rings. The first-order valence-electron chi connectivity index (χ1n) is 6.27. The Kier molecular flexibility index (Phi) is 3.07. The molecule has 0 unspecified atom stereocenters. The van der Waals surface area contributed by atoms with Gasteiger partial charge in [-0.2, -0.15) is 0 Å². The van der Waals surface area contributed by atoms with Gasteiger partial charge in [-0.25, -0.2) is 9.97 Å². The van der Waals surface area contributed by atoms with Crippen molar-refractivity contribution in [2.24, 2.45) is 0 Å². The standard InChI is InChI=1S/C17H14N2/c1-13-15(14-6-3-2-4-7-14)8-5-9-16(13)17-10-11-18-12-19-17/h2-12H,1H3. The highest BCUT2D eigenvalue weighted by Gasteiger charge is 2.08. The Hall–Kier alpha value is -2.48. The van der Waals surface area contributed by atoms with E-state index in [9.17, 15) is 0 Å². The van der Waals surface area contributed by atoms with Gasteiger partial charge in [-0.15, -0.1) is 0 Å². The van der Waals surface area contributed by atoms with Gasteiger partial charge in [0.05, 0.1) is 5.69 Å². The van der Waals surface area contributed by atoms with Crippen molar-refractivity contribution in [3.8, 4) is 22.4 Å². The molecule has 1 aromatic heterocycles. The molecule has 0 saturated heterocycles. The zero-order chi connectivity index (χ0) is 13.1. The van der Waals surface area contributed by atoms with Crippen LogP contribution in [0.3, 0.4) is 0 Å². The second-order valence-corrected chi connectivity index (χ2v) is 4.44. The summed E-state index contributed by atoms with van der Waals surface area (Å²) in [4.78, 5) is 8.30. The lowest BCUT2D eigenvalue weighted by atomic mass is 9.95. The number of hydrogen-bond acceptors (Lipinski definition) is 2. The highest BCUT2D eigenvalue weighted by atomic mass is 14.8. The summed E-state index contributed by atoms with van der Waals surface area (Å²) in [5, 5.41) is 0. The first kappa shape index (κ1) is 11.6. The van der Waals surface area contributed by atoms with E-state index >= 15 is 0 Å². The summed E-state index contributed by atoms with van der Waals surface area (Å²) in [6, 6.07) is 18.7. The van der Waals surface area contributed by atoms with Gasteiger partial charge in [0.1, 0.15) is 6.33 Å². The molecule has 0 aliphatic carbocycles. The number of benzene rings is 2. The molecule has 0 atom stereocenters. The lowest BCUT2D eigenvalue weighted by Gasteiger charge is -2.11. The van der Waals surface area contributed by atoms with E-state index in [2.05, 4.69) is 59.4 Å². The lowest BCUT2D eigenvalue weighted by Crippen LogP contribution is -1.90. The van der Waals surface area contributed by atoms with Crippen molar-refractivity contribution < 1.29 is 0 Å². The molecule has 0 radical (unpaired) electrons. The third kappa shape index (κ3) is 2.25. The molecule has 0 spiro atoms. The molecule has 3 rings (SSSR count). The minimum absolute atomic E-state index is 0.963. The molecule has 2 nitrogen and oxygen atoms in total. The number of aromatic nitrogens is 2. The summed E-state index contributed by atoms with van der Waals surface area (Å²) in [6.07, 6.45) is 3.36. The summed E-state index contributed by atoms with van der Waals surface area (Å²) < 4.78 is 0. The van der Waals surface area contributed by atoms with Gasteiger partial charge in [-0.05, 0) is 29.7 Å². The third-order valence-corrected chi connectivity index (χ3v) is 3.28. The SMILES string of the molecule is Cc1c(-c2ccccc2)cccc1-c1ccncn1. The highest BCUT2D eigenvalue weighted by Crippen LogP contribution is 2.30. The Morgan fingerprint density at radius 1 is 0.789 bits per heavy atom. The average Bonchev–Trinajstić information content (AvgIpc) is 2.49. The fourth-order valence-electron chi connectivity index (χ4n) is 2.29. The minimum atomic E-state index is 0.963. The molecule has 3 aromatic rings. The molecule has 1 heterocycles. The number of nitrogens with zero attached hydrogens (tertiary/aromatic N) is 2. The first-order chi connectivity index (χ1) is 9.36. The molecule has 19 heavy (non-hydrogen) atoms. The van der Waals surface area contributed by atoms with Crippen LogP contribution in [0.15, 0.2) is 67.1 Å². The third-order valence-electron chi connectivity index (χ3n) is 3.28. The van der Waals surface area contributed by atoms with Crippen LogP contribution < -0.4 is 0 Å². The lowest BCUT2D eigenvalue weighted by molar-refractivity contribution is 1.17. The second kappa shape index (κ2) is 5.02. The van der Waals surface area contributed by atoms with Crippen molar-refractivity contribution in [1.29, 1.82) is 0 Å². The van der Waals surface area contributed by atoms with E-state index in [1.807, 2.05) is 12.1 Å². The normalized spacial score (nSPS) is 10.4. The van der Waals surface area contributed by atoms with E-state index < -0.39 is 0 Å². The van der Waals surface area contributed by atoms with Crippen LogP contribution in [0, 0.1) is 6.92 Å². The smallest absolute Gasteiger partial charge is 0.116 e. The second-order valence-electron chi connectivity index (χ2n) is 4.44. The van der Waals surface area contributed by atoms with Crippen LogP contribution >= 0.6 is 0 Å². The zero-order valence-corrected chi connectivity index (χ0v) is 10.7. The first-order valence-corrected chi connectivity index (χ1v) is 6.27. The summed E-state index contributed by atoms with van der Waals surface area (Å²) in [5.74, 6) is 0. The Bertz CT molecular complexity index is 618. The van der Waals surface area contributed by atoms with E-state index in [1.165, 1.54) is 16.7 Å². The van der Waals surface area contributed by atoms with Crippen LogP contribution in [0.4, 0.5) is 0 Å². The van der Waals surface area contributed by atoms with E-state index in [0.717, 1.165) is 11.3 Å². The van der Waals surface area contributed by atoms with Crippen LogP contribution in [-0.2, 0) is 0 Å². The van der Waals surface area contributed by atoms with Crippen molar-refractivity contribution in [3.63, 3.8) is 0 Å². The molecular formula is C17H14N2. The molecular weight excluding hydrogens is 232 g/mol. The molecule has 0 aliphatic heterocycles. The number of hydrogen-bond donors (Lipinski definition) is 0. The van der Waals surface area contributed by atoms with Gasteiger partial charge in [-0.1, -0.05) is 48.5 Å². The van der Waals surface area contributed by atoms with E-state index in [-0.39, 0.29) is 0 Å². The topological polar surface area (TPSA) is 25.8 Å². The van der Waals surface area contributed by atoms with E-state index in [0.29, 0.717) is 0 Å². The molecule has 0 bridgehead atoms. The molecule has 0 amide bonds. The summed E-state index contributed by atoms with van der Waals surface area (Å²) >= 11 is 0. The van der Waals surface area contributed by atoms with Gasteiger partial charge >= 0.3 is 0 Å². The predicted octanol–water partition coefficient (Wildman–Crippen LogP) is 4.12. The maximum absolute atomic E-state index is 4.33. The van der Waals surface area contributed by atoms with Gasteiger partial charge < -0.3 is 0 Å². The van der Waals surface area contributed by atoms with Gasteiger partial charge in [-0.3, -0.25) is 0 Å². The molecule has 0 N–H and O–H groups in total. The van der Waals surface area contributed by atoms with Crippen molar-refractivity contribution in [1.82, 2.24) is 9.97 Å². The van der Waals surface area contributed by atoms with Gasteiger partial charge in [0.15, 0.2) is 0 Å². The quantitative estimate of drug-likeness (QED) is 0.679. The maximum atomic E-state index is 4.33. The summed E-state index contributed by atoms with van der Waals surface area (Å²) in [7, 11) is 0. The largest absolute Gasteiger partial charge is 0.245 e.